The number of H-pyrrole nitrogens is 1. The number of carbonyl (C=O) groups excluding carboxylic acids is 2. The largest absolute Gasteiger partial charge is 0.353 e. The molecule has 0 spiro atoms. The number of rotatable bonds is 4. The van der Waals surface area contributed by atoms with Gasteiger partial charge in [-0.2, -0.15) is 0 Å². The van der Waals surface area contributed by atoms with Crippen molar-refractivity contribution in [2.45, 2.75) is 19.4 Å². The molecule has 8 heteroatoms. The summed E-state index contributed by atoms with van der Waals surface area (Å²) in [6, 6.07) is 1.22. The first-order chi connectivity index (χ1) is 9.73. The van der Waals surface area contributed by atoms with Crippen molar-refractivity contribution in [3.63, 3.8) is 0 Å². The number of Topliss-reactive ketones (excluding diaryl/α,β-unsaturated/α-hetero) is 1. The molecular weight excluding hydrogens is 276 g/mol. The van der Waals surface area contributed by atoms with E-state index in [1.54, 1.807) is 30.7 Å². The number of nitro groups is 1. The molecule has 0 unspecified atom stereocenters. The van der Waals surface area contributed by atoms with Crippen LogP contribution in [0.2, 0.25) is 0 Å². The van der Waals surface area contributed by atoms with E-state index in [1.807, 2.05) is 0 Å². The van der Waals surface area contributed by atoms with E-state index in [1.165, 1.54) is 12.3 Å². The average molecular weight is 294 g/mol. The van der Waals surface area contributed by atoms with Crippen LogP contribution in [-0.2, 0) is 4.79 Å². The summed E-state index contributed by atoms with van der Waals surface area (Å²) in [5.74, 6) is -0.312. The van der Waals surface area contributed by atoms with Crippen LogP contribution in [0.5, 0.6) is 0 Å². The van der Waals surface area contributed by atoms with Gasteiger partial charge < -0.3 is 9.88 Å². The molecule has 8 nitrogen and oxygen atoms in total. The molecule has 0 aliphatic carbocycles. The number of aromatic nitrogens is 1. The summed E-state index contributed by atoms with van der Waals surface area (Å²) in [7, 11) is 1.73. The maximum atomic E-state index is 12.2. The highest BCUT2D eigenvalue weighted by molar-refractivity contribution is 5.97. The van der Waals surface area contributed by atoms with Crippen LogP contribution >= 0.6 is 0 Å². The van der Waals surface area contributed by atoms with Crippen LogP contribution < -0.4 is 0 Å². The molecule has 1 amide bonds. The summed E-state index contributed by atoms with van der Waals surface area (Å²) < 4.78 is 0. The predicted molar refractivity (Wildman–Crippen MR) is 75.1 cm³/mol. The Labute approximate surface area is 121 Å². The van der Waals surface area contributed by atoms with Crippen molar-refractivity contribution in [2.75, 3.05) is 26.7 Å². The Kier molecular flexibility index (Phi) is 3.82. The number of nitrogens with zero attached hydrogens (tertiary/aromatic N) is 3. The van der Waals surface area contributed by atoms with Crippen LogP contribution in [0.25, 0.3) is 0 Å². The lowest BCUT2D eigenvalue weighted by Crippen LogP contribution is -2.62. The Bertz CT molecular complexity index is 593. The quantitative estimate of drug-likeness (QED) is 0.499. The van der Waals surface area contributed by atoms with E-state index in [2.05, 4.69) is 4.98 Å². The van der Waals surface area contributed by atoms with Gasteiger partial charge in [0.25, 0.3) is 5.69 Å². The van der Waals surface area contributed by atoms with Gasteiger partial charge in [-0.3, -0.25) is 24.6 Å². The van der Waals surface area contributed by atoms with Gasteiger partial charge in [0.15, 0.2) is 5.78 Å². The van der Waals surface area contributed by atoms with Crippen molar-refractivity contribution >= 4 is 17.4 Å². The highest BCUT2D eigenvalue weighted by atomic mass is 16.6. The number of ketones is 1. The first-order valence-corrected chi connectivity index (χ1v) is 6.60. The molecule has 0 radical (unpaired) electrons. The van der Waals surface area contributed by atoms with E-state index in [-0.39, 0.29) is 29.6 Å². The van der Waals surface area contributed by atoms with E-state index in [0.717, 1.165) is 0 Å². The van der Waals surface area contributed by atoms with Crippen molar-refractivity contribution in [3.05, 3.63) is 28.1 Å². The van der Waals surface area contributed by atoms with Gasteiger partial charge in [0.2, 0.25) is 5.91 Å². The number of nitrogens with one attached hydrogen (secondary N) is 1. The normalized spacial score (nSPS) is 18.8. The second-order valence-electron chi connectivity index (χ2n) is 5.66. The third-order valence-corrected chi connectivity index (χ3v) is 3.88. The molecule has 1 saturated heterocycles. The monoisotopic (exact) mass is 294 g/mol. The molecule has 1 aromatic rings. The fraction of sp³-hybridized carbons (Fsp3) is 0.538. The number of likely N-dealkylation sites (N-methyl/N-ethyl adjacent to an activating group) is 1. The molecule has 21 heavy (non-hydrogen) atoms. The molecule has 1 fully saturated rings. The lowest BCUT2D eigenvalue weighted by atomic mass is 9.97. The maximum Gasteiger partial charge on any atom is 0.287 e. The lowest BCUT2D eigenvalue weighted by molar-refractivity contribution is -0.384. The van der Waals surface area contributed by atoms with Crippen LogP contribution in [-0.4, -0.2) is 63.6 Å². The first kappa shape index (κ1) is 15.2. The van der Waals surface area contributed by atoms with Crippen molar-refractivity contribution in [2.24, 2.45) is 0 Å². The Balaban J connectivity index is 2.11. The number of amides is 1. The number of aromatic amines is 1. The standard InChI is InChI=1S/C13H18N4O4/c1-13(2)12(19)15(3)4-5-16(13)8-11(18)10-6-9(7-14-10)17(20)21/h6-7,14H,4-5,8H2,1-3H3. The highest BCUT2D eigenvalue weighted by Crippen LogP contribution is 2.22. The van der Waals surface area contributed by atoms with Gasteiger partial charge in [0.05, 0.1) is 28.9 Å². The summed E-state index contributed by atoms with van der Waals surface area (Å²) in [5, 5.41) is 10.6. The zero-order valence-electron chi connectivity index (χ0n) is 12.3. The second-order valence-corrected chi connectivity index (χ2v) is 5.66. The minimum Gasteiger partial charge on any atom is -0.353 e. The fourth-order valence-corrected chi connectivity index (χ4v) is 2.44. The van der Waals surface area contributed by atoms with E-state index in [0.29, 0.717) is 13.1 Å². The van der Waals surface area contributed by atoms with Crippen LogP contribution in [0.3, 0.4) is 0 Å². The third-order valence-electron chi connectivity index (χ3n) is 3.88. The number of hydrogen-bond acceptors (Lipinski definition) is 5. The molecule has 2 heterocycles. The minimum absolute atomic E-state index is 0.0426. The summed E-state index contributed by atoms with van der Waals surface area (Å²) in [4.78, 5) is 40.5. The zero-order valence-corrected chi connectivity index (χ0v) is 12.3. The number of carbonyl (C=O) groups is 2. The molecule has 0 bridgehead atoms. The minimum atomic E-state index is -0.763. The van der Waals surface area contributed by atoms with Gasteiger partial charge >= 0.3 is 0 Å². The summed E-state index contributed by atoms with van der Waals surface area (Å²) in [5.41, 5.74) is -0.725. The Hall–Kier alpha value is -2.22. The Morgan fingerprint density at radius 2 is 2.14 bits per heavy atom. The number of hydrogen-bond donors (Lipinski definition) is 1. The van der Waals surface area contributed by atoms with Gasteiger partial charge in [0.1, 0.15) is 0 Å². The van der Waals surface area contributed by atoms with Crippen molar-refractivity contribution < 1.29 is 14.5 Å². The molecule has 1 N–H and O–H groups in total. The maximum absolute atomic E-state index is 12.2. The Morgan fingerprint density at radius 1 is 1.48 bits per heavy atom. The van der Waals surface area contributed by atoms with Crippen LogP contribution in [0.4, 0.5) is 5.69 Å². The predicted octanol–water partition coefficient (Wildman–Crippen LogP) is 0.658. The second kappa shape index (κ2) is 5.28. The van der Waals surface area contributed by atoms with Gasteiger partial charge in [-0.25, -0.2) is 0 Å². The van der Waals surface area contributed by atoms with Gasteiger partial charge in [-0.15, -0.1) is 0 Å². The van der Waals surface area contributed by atoms with E-state index >= 15 is 0 Å². The number of piperazine rings is 1. The summed E-state index contributed by atoms with van der Waals surface area (Å²) >= 11 is 0. The summed E-state index contributed by atoms with van der Waals surface area (Å²) in [6.45, 7) is 4.74. The topological polar surface area (TPSA) is 99.5 Å². The van der Waals surface area contributed by atoms with E-state index in [4.69, 9.17) is 0 Å². The highest BCUT2D eigenvalue weighted by Gasteiger charge is 2.41. The first-order valence-electron chi connectivity index (χ1n) is 6.60. The van der Waals surface area contributed by atoms with Crippen molar-refractivity contribution in [1.82, 2.24) is 14.8 Å². The molecule has 1 aliphatic heterocycles. The molecule has 2 rings (SSSR count). The smallest absolute Gasteiger partial charge is 0.287 e. The Morgan fingerprint density at radius 3 is 2.71 bits per heavy atom. The van der Waals surface area contributed by atoms with Gasteiger partial charge in [-0.1, -0.05) is 0 Å². The SMILES string of the molecule is CN1CCN(CC(=O)c2cc([N+](=O)[O-])c[nH]2)C(C)(C)C1=O. The van der Waals surface area contributed by atoms with Crippen molar-refractivity contribution in [3.8, 4) is 0 Å². The van der Waals surface area contributed by atoms with Gasteiger partial charge in [0, 0.05) is 26.2 Å². The van der Waals surface area contributed by atoms with Crippen molar-refractivity contribution in [1.29, 1.82) is 0 Å². The van der Waals surface area contributed by atoms with Crippen LogP contribution in [0.15, 0.2) is 12.3 Å². The molecule has 1 aliphatic rings. The summed E-state index contributed by atoms with van der Waals surface area (Å²) in [6.07, 6.45) is 1.19. The third kappa shape index (κ3) is 2.80. The lowest BCUT2D eigenvalue weighted by Gasteiger charge is -2.44. The molecule has 0 saturated carbocycles. The molecule has 114 valence electrons. The van der Waals surface area contributed by atoms with Crippen LogP contribution in [0.1, 0.15) is 24.3 Å². The molecule has 0 aromatic carbocycles. The fourth-order valence-electron chi connectivity index (χ4n) is 2.44. The van der Waals surface area contributed by atoms with Crippen LogP contribution in [0, 0.1) is 10.1 Å². The van der Waals surface area contributed by atoms with E-state index in [9.17, 15) is 19.7 Å². The molecule has 1 aromatic heterocycles. The van der Waals surface area contributed by atoms with E-state index < -0.39 is 10.5 Å². The van der Waals surface area contributed by atoms with Gasteiger partial charge in [-0.05, 0) is 13.8 Å². The molecular formula is C13H18N4O4. The molecule has 0 atom stereocenters. The average Bonchev–Trinajstić information content (AvgIpc) is 2.90. The zero-order chi connectivity index (χ0) is 15.8.